The van der Waals surface area contributed by atoms with E-state index in [2.05, 4.69) is 24.0 Å². The van der Waals surface area contributed by atoms with Gasteiger partial charge in [-0.2, -0.15) is 0 Å². The van der Waals surface area contributed by atoms with E-state index in [9.17, 15) is 4.79 Å². The number of rotatable bonds is 10. The van der Waals surface area contributed by atoms with Crippen LogP contribution in [-0.2, 0) is 11.2 Å². The summed E-state index contributed by atoms with van der Waals surface area (Å²) in [6.07, 6.45) is 3.77. The first-order chi connectivity index (χ1) is 20.0. The third-order valence-corrected chi connectivity index (χ3v) is 8.30. The zero-order chi connectivity index (χ0) is 28.8. The van der Waals surface area contributed by atoms with Crippen LogP contribution in [0.3, 0.4) is 0 Å². The molecule has 1 aliphatic rings. The average Bonchev–Trinajstić information content (AvgIpc) is 3.39. The Morgan fingerprint density at radius 3 is 2.24 bits per heavy atom. The number of benzene rings is 3. The van der Waals surface area contributed by atoms with Crippen LogP contribution in [0.4, 0.5) is 0 Å². The Hall–Kier alpha value is -3.98. The van der Waals surface area contributed by atoms with Crippen LogP contribution in [0, 0.1) is 0 Å². The van der Waals surface area contributed by atoms with Crippen molar-refractivity contribution in [1.82, 2.24) is 19.7 Å². The number of likely N-dealkylation sites (tertiary alicyclic amines) is 1. The lowest BCUT2D eigenvalue weighted by atomic mass is 9.98. The van der Waals surface area contributed by atoms with Crippen LogP contribution < -0.4 is 14.2 Å². The van der Waals surface area contributed by atoms with E-state index in [0.717, 1.165) is 47.8 Å². The summed E-state index contributed by atoms with van der Waals surface area (Å²) in [5.74, 6) is 4.02. The number of aromatic nitrogens is 3. The van der Waals surface area contributed by atoms with Gasteiger partial charge < -0.3 is 19.1 Å². The highest BCUT2D eigenvalue weighted by Gasteiger charge is 2.29. The second kappa shape index (κ2) is 13.1. The van der Waals surface area contributed by atoms with Crippen molar-refractivity contribution in [3.63, 3.8) is 0 Å². The number of amides is 1. The van der Waals surface area contributed by atoms with Crippen molar-refractivity contribution in [3.05, 3.63) is 84.2 Å². The topological polar surface area (TPSA) is 78.7 Å². The van der Waals surface area contributed by atoms with Gasteiger partial charge in [-0.05, 0) is 87.2 Å². The number of nitrogens with zero attached hydrogens (tertiary/aromatic N) is 4. The maximum absolute atomic E-state index is 13.3. The number of ether oxygens (including phenoxy) is 3. The third-order valence-electron chi connectivity index (χ3n) is 7.39. The van der Waals surface area contributed by atoms with Crippen LogP contribution in [0.15, 0.2) is 78.0 Å². The molecular formula is C32H36N4O4S. The fourth-order valence-corrected chi connectivity index (χ4v) is 6.18. The highest BCUT2D eigenvalue weighted by molar-refractivity contribution is 7.99. The standard InChI is InChI=1S/C32H36N4O4S/c1-22-9-8-10-23(2)35(22)31(37)21-41-32-34-33-30(20-24-13-18-28(38-3)29(19-24)39-4)36(32)25-14-16-27(17-15-25)40-26-11-6-5-7-12-26/h5-7,11-19,22-23H,8-10,20-21H2,1-4H3. The Labute approximate surface area is 245 Å². The van der Waals surface area contributed by atoms with Gasteiger partial charge in [-0.1, -0.05) is 36.0 Å². The third kappa shape index (κ3) is 6.68. The van der Waals surface area contributed by atoms with Gasteiger partial charge >= 0.3 is 0 Å². The van der Waals surface area contributed by atoms with Gasteiger partial charge in [0.05, 0.1) is 20.0 Å². The molecule has 1 saturated heterocycles. The molecule has 2 heterocycles. The number of para-hydroxylation sites is 1. The molecular weight excluding hydrogens is 536 g/mol. The molecule has 9 heteroatoms. The molecule has 0 radical (unpaired) electrons. The Bertz CT molecular complexity index is 1450. The van der Waals surface area contributed by atoms with Crippen molar-refractivity contribution >= 4 is 17.7 Å². The Kier molecular flexibility index (Phi) is 9.14. The number of hydrogen-bond acceptors (Lipinski definition) is 7. The summed E-state index contributed by atoms with van der Waals surface area (Å²) in [6.45, 7) is 4.28. The van der Waals surface area contributed by atoms with E-state index in [1.54, 1.807) is 14.2 Å². The fraction of sp³-hybridized carbons (Fsp3) is 0.344. The molecule has 214 valence electrons. The van der Waals surface area contributed by atoms with Gasteiger partial charge in [-0.3, -0.25) is 9.36 Å². The molecule has 1 aromatic heterocycles. The van der Waals surface area contributed by atoms with Gasteiger partial charge in [-0.15, -0.1) is 10.2 Å². The lowest BCUT2D eigenvalue weighted by Gasteiger charge is -2.39. The van der Waals surface area contributed by atoms with E-state index >= 15 is 0 Å². The number of piperidine rings is 1. The van der Waals surface area contributed by atoms with Gasteiger partial charge in [-0.25, -0.2) is 0 Å². The first-order valence-electron chi connectivity index (χ1n) is 13.9. The van der Waals surface area contributed by atoms with E-state index in [-0.39, 0.29) is 18.0 Å². The zero-order valence-electron chi connectivity index (χ0n) is 23.9. The second-order valence-electron chi connectivity index (χ2n) is 10.2. The van der Waals surface area contributed by atoms with Crippen LogP contribution in [0.2, 0.25) is 0 Å². The largest absolute Gasteiger partial charge is 0.493 e. The average molecular weight is 573 g/mol. The summed E-state index contributed by atoms with van der Waals surface area (Å²) in [6, 6.07) is 23.9. The van der Waals surface area contributed by atoms with Crippen LogP contribution in [-0.4, -0.2) is 57.6 Å². The fourth-order valence-electron chi connectivity index (χ4n) is 5.34. The van der Waals surface area contributed by atoms with Crippen LogP contribution >= 0.6 is 11.8 Å². The minimum absolute atomic E-state index is 0.136. The molecule has 0 spiro atoms. The summed E-state index contributed by atoms with van der Waals surface area (Å²) < 4.78 is 18.9. The van der Waals surface area contributed by atoms with E-state index in [4.69, 9.17) is 14.2 Å². The Morgan fingerprint density at radius 1 is 0.878 bits per heavy atom. The number of thioether (sulfide) groups is 1. The van der Waals surface area contributed by atoms with Crippen molar-refractivity contribution in [2.24, 2.45) is 0 Å². The van der Waals surface area contributed by atoms with Crippen molar-refractivity contribution in [2.45, 2.75) is 56.8 Å². The summed E-state index contributed by atoms with van der Waals surface area (Å²) in [7, 11) is 3.24. The van der Waals surface area contributed by atoms with E-state index in [0.29, 0.717) is 28.8 Å². The molecule has 2 atom stereocenters. The molecule has 0 N–H and O–H groups in total. The molecule has 0 bridgehead atoms. The van der Waals surface area contributed by atoms with Crippen LogP contribution in [0.1, 0.15) is 44.5 Å². The normalized spacial score (nSPS) is 16.8. The SMILES string of the molecule is COc1ccc(Cc2nnc(SCC(=O)N3C(C)CCCC3C)n2-c2ccc(Oc3ccccc3)cc2)cc1OC. The molecule has 41 heavy (non-hydrogen) atoms. The maximum atomic E-state index is 13.3. The smallest absolute Gasteiger partial charge is 0.233 e. The van der Waals surface area contributed by atoms with Crippen molar-refractivity contribution in [2.75, 3.05) is 20.0 Å². The predicted molar refractivity (Wildman–Crippen MR) is 161 cm³/mol. The lowest BCUT2D eigenvalue weighted by Crippen LogP contribution is -2.48. The minimum Gasteiger partial charge on any atom is -0.493 e. The molecule has 1 aliphatic heterocycles. The first kappa shape index (κ1) is 28.5. The molecule has 8 nitrogen and oxygen atoms in total. The molecule has 1 amide bonds. The van der Waals surface area contributed by atoms with Gasteiger partial charge in [0.1, 0.15) is 17.3 Å². The van der Waals surface area contributed by atoms with E-state index < -0.39 is 0 Å². The number of carbonyl (C=O) groups excluding carboxylic acids is 1. The zero-order valence-corrected chi connectivity index (χ0v) is 24.8. The van der Waals surface area contributed by atoms with Crippen molar-refractivity contribution < 1.29 is 19.0 Å². The molecule has 0 aliphatic carbocycles. The monoisotopic (exact) mass is 572 g/mol. The molecule has 5 rings (SSSR count). The maximum Gasteiger partial charge on any atom is 0.233 e. The lowest BCUT2D eigenvalue weighted by molar-refractivity contribution is -0.134. The Balaban J connectivity index is 1.42. The van der Waals surface area contributed by atoms with E-state index in [1.807, 2.05) is 82.3 Å². The summed E-state index contributed by atoms with van der Waals surface area (Å²) in [5.41, 5.74) is 1.89. The number of hydrogen-bond donors (Lipinski definition) is 0. The van der Waals surface area contributed by atoms with Crippen molar-refractivity contribution in [3.8, 4) is 28.7 Å². The highest BCUT2D eigenvalue weighted by atomic mass is 32.2. The van der Waals surface area contributed by atoms with Gasteiger partial charge in [0.25, 0.3) is 0 Å². The number of carbonyl (C=O) groups is 1. The Morgan fingerprint density at radius 2 is 1.56 bits per heavy atom. The molecule has 4 aromatic rings. The summed E-state index contributed by atoms with van der Waals surface area (Å²) >= 11 is 1.42. The van der Waals surface area contributed by atoms with Crippen molar-refractivity contribution in [1.29, 1.82) is 0 Å². The molecule has 2 unspecified atom stereocenters. The first-order valence-corrected chi connectivity index (χ1v) is 14.9. The quantitative estimate of drug-likeness (QED) is 0.199. The number of methoxy groups -OCH3 is 2. The summed E-state index contributed by atoms with van der Waals surface area (Å²) in [5, 5.41) is 9.76. The predicted octanol–water partition coefficient (Wildman–Crippen LogP) is 6.55. The molecule has 3 aromatic carbocycles. The molecule has 0 saturated carbocycles. The van der Waals surface area contributed by atoms with Crippen LogP contribution in [0.25, 0.3) is 5.69 Å². The van der Waals surface area contributed by atoms with E-state index in [1.165, 1.54) is 11.8 Å². The minimum atomic E-state index is 0.136. The molecule has 1 fully saturated rings. The van der Waals surface area contributed by atoms with Crippen LogP contribution in [0.5, 0.6) is 23.0 Å². The second-order valence-corrected chi connectivity index (χ2v) is 11.2. The van der Waals surface area contributed by atoms with Gasteiger partial charge in [0.2, 0.25) is 5.91 Å². The van der Waals surface area contributed by atoms with Gasteiger partial charge in [0.15, 0.2) is 16.7 Å². The van der Waals surface area contributed by atoms with Gasteiger partial charge in [0, 0.05) is 24.2 Å². The highest BCUT2D eigenvalue weighted by Crippen LogP contribution is 2.31. The summed E-state index contributed by atoms with van der Waals surface area (Å²) in [4.78, 5) is 15.3.